The molecule has 3 aromatic carbocycles. The zero-order chi connectivity index (χ0) is 25.6. The van der Waals surface area contributed by atoms with E-state index in [9.17, 15) is 18.0 Å². The molecule has 1 atom stereocenters. The summed E-state index contributed by atoms with van der Waals surface area (Å²) in [5.74, 6) is -1.41. The van der Waals surface area contributed by atoms with Crippen molar-refractivity contribution in [3.8, 4) is 11.5 Å². The summed E-state index contributed by atoms with van der Waals surface area (Å²) in [7, 11) is -2.43. The van der Waals surface area contributed by atoms with E-state index in [1.165, 1.54) is 24.3 Å². The first-order valence-electron chi connectivity index (χ1n) is 10.8. The summed E-state index contributed by atoms with van der Waals surface area (Å²) < 4.78 is 40.9. The number of ether oxygens (including phenoxy) is 2. The Bertz CT molecular complexity index is 1620. The number of nitrogens with two attached hydrogens (primary N) is 1. The molecular weight excluding hydrogens is 482 g/mol. The summed E-state index contributed by atoms with van der Waals surface area (Å²) in [6.45, 7) is 5.71. The minimum Gasteiger partial charge on any atom is -0.454 e. The van der Waals surface area contributed by atoms with E-state index in [0.29, 0.717) is 44.7 Å². The Morgan fingerprint density at radius 1 is 1.03 bits per heavy atom. The Balaban J connectivity index is 1.62. The van der Waals surface area contributed by atoms with Crippen LogP contribution in [0.2, 0.25) is 0 Å². The number of benzene rings is 3. The molecule has 1 aliphatic heterocycles. The van der Waals surface area contributed by atoms with Gasteiger partial charge in [0.15, 0.2) is 11.5 Å². The summed E-state index contributed by atoms with van der Waals surface area (Å²) >= 11 is 0. The second-order valence-corrected chi connectivity index (χ2v) is 10.1. The molecule has 5 rings (SSSR count). The Hall–Kier alpha value is -4.31. The number of nitrogens with zero attached hydrogens (tertiary/aromatic N) is 1. The molecule has 1 aromatic heterocycles. The van der Waals surface area contributed by atoms with E-state index in [-0.39, 0.29) is 11.7 Å². The fraction of sp³-hybridized carbons (Fsp3) is 0.115. The van der Waals surface area contributed by atoms with Crippen LogP contribution in [0.5, 0.6) is 11.5 Å². The highest BCUT2D eigenvalue weighted by Gasteiger charge is 2.31. The summed E-state index contributed by atoms with van der Waals surface area (Å²) in [6, 6.07) is 15.4. The number of carbonyl (C=O) groups is 2. The summed E-state index contributed by atoms with van der Waals surface area (Å²) in [6.07, 6.45) is 1.72. The predicted molar refractivity (Wildman–Crippen MR) is 131 cm³/mol. The van der Waals surface area contributed by atoms with Crippen LogP contribution in [-0.2, 0) is 21.9 Å². The molecule has 0 aliphatic carbocycles. The van der Waals surface area contributed by atoms with E-state index in [4.69, 9.17) is 22.1 Å². The van der Waals surface area contributed by atoms with Crippen LogP contribution < -0.4 is 19.9 Å². The maximum Gasteiger partial charge on any atom is 0.264 e. The smallest absolute Gasteiger partial charge is 0.264 e. The molecule has 3 N–H and O–H groups in total. The molecule has 2 radical (unpaired) electrons. The molecule has 1 aliphatic rings. The van der Waals surface area contributed by atoms with Crippen molar-refractivity contribution in [1.82, 2.24) is 9.29 Å². The first kappa shape index (κ1) is 23.4. The Kier molecular flexibility index (Phi) is 5.68. The second-order valence-electron chi connectivity index (χ2n) is 8.38. The number of hydrogen-bond donors (Lipinski definition) is 2. The fourth-order valence-electron chi connectivity index (χ4n) is 4.26. The highest BCUT2D eigenvalue weighted by Crippen LogP contribution is 2.39. The van der Waals surface area contributed by atoms with Gasteiger partial charge in [0.05, 0.1) is 10.8 Å². The zero-order valence-electron chi connectivity index (χ0n) is 19.1. The molecule has 0 bridgehead atoms. The molecule has 0 saturated carbocycles. The van der Waals surface area contributed by atoms with Crippen LogP contribution in [0.15, 0.2) is 71.8 Å². The van der Waals surface area contributed by atoms with E-state index in [2.05, 4.69) is 4.72 Å². The molecule has 0 saturated heterocycles. The maximum absolute atomic E-state index is 13.7. The summed E-state index contributed by atoms with van der Waals surface area (Å²) in [5, 5.41) is 0.658. The molecule has 2 heterocycles. The van der Waals surface area contributed by atoms with Gasteiger partial charge in [0, 0.05) is 29.7 Å². The van der Waals surface area contributed by atoms with Gasteiger partial charge in [0.1, 0.15) is 0 Å². The number of rotatable bonds is 6. The highest BCUT2D eigenvalue weighted by molar-refractivity contribution is 7.90. The third-order valence-corrected chi connectivity index (χ3v) is 7.40. The molecule has 9 nitrogen and oxygen atoms in total. The molecule has 10 heteroatoms. The van der Waals surface area contributed by atoms with Crippen molar-refractivity contribution in [1.29, 1.82) is 0 Å². The van der Waals surface area contributed by atoms with E-state index < -0.39 is 27.8 Å². The van der Waals surface area contributed by atoms with Gasteiger partial charge in [0.25, 0.3) is 10.0 Å². The van der Waals surface area contributed by atoms with Crippen molar-refractivity contribution in [3.05, 3.63) is 96.0 Å². The third kappa shape index (κ3) is 4.16. The molecular formula is C26H21N3O6S. The molecule has 0 fully saturated rings. The van der Waals surface area contributed by atoms with E-state index in [0.717, 1.165) is 0 Å². The average molecular weight is 504 g/mol. The van der Waals surface area contributed by atoms with Crippen LogP contribution in [0.25, 0.3) is 10.9 Å². The Morgan fingerprint density at radius 2 is 1.75 bits per heavy atom. The number of nitrogens with one attached hydrogen (secondary N) is 1. The van der Waals surface area contributed by atoms with E-state index in [1.807, 2.05) is 0 Å². The lowest BCUT2D eigenvalue weighted by Crippen LogP contribution is -2.35. The monoisotopic (exact) mass is 503 g/mol. The van der Waals surface area contributed by atoms with Crippen molar-refractivity contribution in [2.75, 3.05) is 6.79 Å². The first-order chi connectivity index (χ1) is 17.1. The van der Waals surface area contributed by atoms with Gasteiger partial charge >= 0.3 is 0 Å². The number of primary amides is 1. The lowest BCUT2D eigenvalue weighted by Gasteiger charge is -2.18. The normalized spacial score (nSPS) is 13.5. The topological polar surface area (TPSA) is 130 Å². The van der Waals surface area contributed by atoms with Gasteiger partial charge in [-0.1, -0.05) is 24.3 Å². The van der Waals surface area contributed by atoms with Gasteiger partial charge in [0.2, 0.25) is 18.6 Å². The van der Waals surface area contributed by atoms with Crippen molar-refractivity contribution in [2.45, 2.75) is 10.8 Å². The van der Waals surface area contributed by atoms with Crippen LogP contribution in [0.4, 0.5) is 0 Å². The highest BCUT2D eigenvalue weighted by atomic mass is 32.2. The van der Waals surface area contributed by atoms with Crippen molar-refractivity contribution in [2.24, 2.45) is 12.8 Å². The van der Waals surface area contributed by atoms with Gasteiger partial charge in [-0.25, -0.2) is 13.1 Å². The number of hydrogen-bond acceptors (Lipinski definition) is 6. The number of carbonyl (C=O) groups excluding carboxylic acids is 2. The van der Waals surface area contributed by atoms with Crippen molar-refractivity contribution >= 4 is 32.7 Å². The zero-order valence-corrected chi connectivity index (χ0v) is 19.9. The van der Waals surface area contributed by atoms with Gasteiger partial charge in [-0.2, -0.15) is 0 Å². The number of sulfonamides is 1. The lowest BCUT2D eigenvalue weighted by molar-refractivity contribution is -0.119. The largest absolute Gasteiger partial charge is 0.454 e. The van der Waals surface area contributed by atoms with Crippen molar-refractivity contribution in [3.63, 3.8) is 0 Å². The maximum atomic E-state index is 13.7. The number of aromatic nitrogens is 1. The number of fused-ring (bicyclic) bond motifs is 2. The van der Waals surface area contributed by atoms with Gasteiger partial charge in [-0.15, -0.1) is 0 Å². The lowest BCUT2D eigenvalue weighted by atomic mass is 9.90. The second kappa shape index (κ2) is 8.72. The van der Waals surface area contributed by atoms with Crippen molar-refractivity contribution < 1.29 is 27.5 Å². The van der Waals surface area contributed by atoms with Gasteiger partial charge in [-0.05, 0) is 60.0 Å². The van der Waals surface area contributed by atoms with E-state index >= 15 is 0 Å². The Labute approximate surface area is 207 Å². The molecule has 182 valence electrons. The van der Waals surface area contributed by atoms with Crippen LogP contribution >= 0.6 is 0 Å². The minimum absolute atomic E-state index is 0.0470. The third-order valence-electron chi connectivity index (χ3n) is 6.03. The summed E-state index contributed by atoms with van der Waals surface area (Å²) in [4.78, 5) is 25.3. The van der Waals surface area contributed by atoms with E-state index in [1.54, 1.807) is 54.2 Å². The molecule has 2 amide bonds. The number of amides is 2. The van der Waals surface area contributed by atoms with Crippen LogP contribution in [0.1, 0.15) is 33.0 Å². The van der Waals surface area contributed by atoms with Crippen LogP contribution in [0, 0.1) is 6.92 Å². The quantitative estimate of drug-likeness (QED) is 0.416. The predicted octanol–water partition coefficient (Wildman–Crippen LogP) is 2.70. The molecule has 36 heavy (non-hydrogen) atoms. The molecule has 1 unspecified atom stereocenters. The number of aryl methyl sites for hydroxylation is 1. The first-order valence-corrected chi connectivity index (χ1v) is 12.3. The molecule has 4 aromatic rings. The van der Waals surface area contributed by atoms with Gasteiger partial charge < -0.3 is 19.8 Å². The van der Waals surface area contributed by atoms with Crippen LogP contribution in [-0.4, -0.2) is 31.6 Å². The minimum atomic E-state index is -4.19. The standard InChI is InChI=1S/C26H21N3O6S/c1-15-3-7-18(8-4-15)36(32,33)28-26(31)24(16-6-10-22-23(12-16)35-14-34-22)20-13-29(2)21-11-17(25(27)30)5-9-19(20)21/h1,3-13,24H,14H2,2H3,(H2,27,30)(H,28,31). The average Bonchev–Trinajstić information content (AvgIpc) is 3.43. The summed E-state index contributed by atoms with van der Waals surface area (Å²) in [5.41, 5.74) is 7.82. The SMILES string of the molecule is [CH]c1ccc(S(=O)(=O)NC(=O)C(c2ccc3c(c2)OCO3)c2cn(C)c3cc(C(N)=O)ccc23)cc1. The molecule has 0 spiro atoms. The van der Waals surface area contributed by atoms with Crippen LogP contribution in [0.3, 0.4) is 0 Å². The van der Waals surface area contributed by atoms with Gasteiger partial charge in [-0.3, -0.25) is 9.59 Å². The Morgan fingerprint density at radius 3 is 2.47 bits per heavy atom. The fourth-order valence-corrected chi connectivity index (χ4v) is 5.26.